The molecule has 0 saturated heterocycles. The first kappa shape index (κ1) is 18.2. The number of benzene rings is 1. The number of pyridine rings is 1. The largest absolute Gasteiger partial charge is 0.345 e. The number of nitrogens with zero attached hydrogens (tertiary/aromatic N) is 4. The van der Waals surface area contributed by atoms with Crippen molar-refractivity contribution < 1.29 is 13.6 Å². The van der Waals surface area contributed by atoms with Gasteiger partial charge in [0.1, 0.15) is 23.3 Å². The smallest absolute Gasteiger partial charge is 0.253 e. The van der Waals surface area contributed by atoms with Gasteiger partial charge in [-0.25, -0.2) is 18.4 Å². The molecule has 6 nitrogen and oxygen atoms in total. The van der Waals surface area contributed by atoms with Crippen LogP contribution in [0.25, 0.3) is 5.69 Å². The van der Waals surface area contributed by atoms with Gasteiger partial charge >= 0.3 is 0 Å². The van der Waals surface area contributed by atoms with E-state index in [1.165, 1.54) is 35.3 Å². The number of aromatic nitrogens is 3. The zero-order valence-corrected chi connectivity index (χ0v) is 14.6. The average molecular weight is 367 g/mol. The third-order valence-electron chi connectivity index (χ3n) is 4.14. The maximum Gasteiger partial charge on any atom is 0.253 e. The van der Waals surface area contributed by atoms with Gasteiger partial charge in [0.2, 0.25) is 0 Å². The van der Waals surface area contributed by atoms with Crippen LogP contribution in [-0.4, -0.2) is 20.7 Å². The molecule has 0 saturated carbocycles. The van der Waals surface area contributed by atoms with Crippen LogP contribution in [0, 0.1) is 29.9 Å². The molecule has 1 aromatic carbocycles. The van der Waals surface area contributed by atoms with Crippen molar-refractivity contribution in [2.45, 2.75) is 19.9 Å². The lowest BCUT2D eigenvalue weighted by atomic mass is 10.1. The van der Waals surface area contributed by atoms with E-state index in [0.717, 1.165) is 12.1 Å². The van der Waals surface area contributed by atoms with E-state index in [0.29, 0.717) is 16.8 Å². The number of hydrogen-bond donors (Lipinski definition) is 1. The molecular formula is C19H15F2N5O. The molecule has 2 heterocycles. The number of rotatable bonds is 4. The molecule has 0 spiro atoms. The summed E-state index contributed by atoms with van der Waals surface area (Å²) in [7, 11) is 0. The van der Waals surface area contributed by atoms with E-state index in [9.17, 15) is 13.6 Å². The number of carbonyl (C=O) groups excluding carboxylic acids is 1. The summed E-state index contributed by atoms with van der Waals surface area (Å²) in [6.45, 7) is 3.50. The van der Waals surface area contributed by atoms with Crippen LogP contribution in [0.5, 0.6) is 0 Å². The molecule has 3 aromatic rings. The molecule has 0 radical (unpaired) electrons. The molecule has 0 aliphatic heterocycles. The normalized spacial score (nSPS) is 11.7. The van der Waals surface area contributed by atoms with E-state index in [2.05, 4.69) is 15.4 Å². The molecule has 136 valence electrons. The van der Waals surface area contributed by atoms with Gasteiger partial charge in [-0.3, -0.25) is 4.79 Å². The van der Waals surface area contributed by atoms with Crippen molar-refractivity contribution in [2.75, 3.05) is 0 Å². The molecule has 3 rings (SSSR count). The molecule has 0 aliphatic carbocycles. The van der Waals surface area contributed by atoms with Gasteiger partial charge < -0.3 is 5.32 Å². The predicted molar refractivity (Wildman–Crippen MR) is 93.1 cm³/mol. The van der Waals surface area contributed by atoms with Gasteiger partial charge in [0, 0.05) is 23.5 Å². The van der Waals surface area contributed by atoms with Gasteiger partial charge in [-0.05, 0) is 38.1 Å². The number of nitrogens with one attached hydrogen (secondary N) is 1. The third kappa shape index (κ3) is 3.67. The van der Waals surface area contributed by atoms with Crippen LogP contribution in [0.15, 0.2) is 42.7 Å². The van der Waals surface area contributed by atoms with Crippen LogP contribution in [0.4, 0.5) is 8.78 Å². The molecule has 0 aliphatic rings. The fraction of sp³-hybridized carbons (Fsp3) is 0.158. The second-order valence-corrected chi connectivity index (χ2v) is 5.93. The van der Waals surface area contributed by atoms with Crippen molar-refractivity contribution in [2.24, 2.45) is 0 Å². The van der Waals surface area contributed by atoms with Gasteiger partial charge in [-0.1, -0.05) is 0 Å². The van der Waals surface area contributed by atoms with Crippen molar-refractivity contribution in [3.63, 3.8) is 0 Å². The van der Waals surface area contributed by atoms with Crippen LogP contribution in [0.3, 0.4) is 0 Å². The van der Waals surface area contributed by atoms with Gasteiger partial charge in [0.15, 0.2) is 5.82 Å². The molecule has 1 amide bonds. The highest BCUT2D eigenvalue weighted by molar-refractivity contribution is 5.94. The van der Waals surface area contributed by atoms with Gasteiger partial charge in [-0.2, -0.15) is 10.4 Å². The second kappa shape index (κ2) is 7.33. The summed E-state index contributed by atoms with van der Waals surface area (Å²) in [5.41, 5.74) is 1.96. The van der Waals surface area contributed by atoms with Crippen molar-refractivity contribution in [1.82, 2.24) is 20.1 Å². The molecule has 27 heavy (non-hydrogen) atoms. The van der Waals surface area contributed by atoms with E-state index in [4.69, 9.17) is 5.26 Å². The Balaban J connectivity index is 1.81. The zero-order valence-electron chi connectivity index (χ0n) is 14.6. The van der Waals surface area contributed by atoms with Crippen molar-refractivity contribution in [3.8, 4) is 11.8 Å². The first-order chi connectivity index (χ1) is 12.9. The summed E-state index contributed by atoms with van der Waals surface area (Å²) in [4.78, 5) is 16.2. The first-order valence-electron chi connectivity index (χ1n) is 8.07. The summed E-state index contributed by atoms with van der Waals surface area (Å²) in [5, 5.41) is 15.7. The molecule has 8 heteroatoms. The van der Waals surface area contributed by atoms with Crippen molar-refractivity contribution >= 4 is 5.91 Å². The first-order valence-corrected chi connectivity index (χ1v) is 8.07. The second-order valence-electron chi connectivity index (χ2n) is 5.93. The average Bonchev–Trinajstić information content (AvgIpc) is 3.03. The summed E-state index contributed by atoms with van der Waals surface area (Å²) in [5.74, 6) is -1.76. The van der Waals surface area contributed by atoms with Crippen LogP contribution >= 0.6 is 0 Å². The molecule has 0 bridgehead atoms. The topological polar surface area (TPSA) is 83.6 Å². The Morgan fingerprint density at radius 3 is 2.67 bits per heavy atom. The monoisotopic (exact) mass is 367 g/mol. The van der Waals surface area contributed by atoms with Gasteiger partial charge in [0.05, 0.1) is 17.8 Å². The molecule has 2 aromatic heterocycles. The van der Waals surface area contributed by atoms with Gasteiger partial charge in [-0.15, -0.1) is 0 Å². The minimum absolute atomic E-state index is 0.120. The quantitative estimate of drug-likeness (QED) is 0.767. The highest BCUT2D eigenvalue weighted by Crippen LogP contribution is 2.22. The van der Waals surface area contributed by atoms with Crippen LogP contribution in [-0.2, 0) is 0 Å². The SMILES string of the molecule is Cc1c([C@H](C)NC(=O)c2ccc(C#N)nc2)cnn1-c1ccc(F)cc1F. The van der Waals surface area contributed by atoms with E-state index in [1.807, 2.05) is 6.07 Å². The number of nitriles is 1. The van der Waals surface area contributed by atoms with E-state index in [-0.39, 0.29) is 17.3 Å². The van der Waals surface area contributed by atoms with Crippen LogP contribution in [0.2, 0.25) is 0 Å². The minimum Gasteiger partial charge on any atom is -0.345 e. The lowest BCUT2D eigenvalue weighted by Crippen LogP contribution is -2.27. The lowest BCUT2D eigenvalue weighted by molar-refractivity contribution is 0.0939. The Bertz CT molecular complexity index is 1040. The predicted octanol–water partition coefficient (Wildman–Crippen LogP) is 3.22. The van der Waals surface area contributed by atoms with E-state index < -0.39 is 17.7 Å². The van der Waals surface area contributed by atoms with Crippen LogP contribution in [0.1, 0.15) is 40.3 Å². The summed E-state index contributed by atoms with van der Waals surface area (Å²) in [6.07, 6.45) is 2.85. The molecule has 0 fully saturated rings. The third-order valence-corrected chi connectivity index (χ3v) is 4.14. The zero-order chi connectivity index (χ0) is 19.6. The molecular weight excluding hydrogens is 352 g/mol. The molecule has 0 unspecified atom stereocenters. The lowest BCUT2D eigenvalue weighted by Gasteiger charge is -2.14. The molecule has 1 atom stereocenters. The number of amides is 1. The maximum atomic E-state index is 14.0. The fourth-order valence-electron chi connectivity index (χ4n) is 2.70. The number of carbonyl (C=O) groups is 1. The summed E-state index contributed by atoms with van der Waals surface area (Å²) < 4.78 is 28.5. The van der Waals surface area contributed by atoms with Crippen molar-refractivity contribution in [3.05, 3.63) is 76.9 Å². The van der Waals surface area contributed by atoms with Gasteiger partial charge in [0.25, 0.3) is 5.91 Å². The highest BCUT2D eigenvalue weighted by Gasteiger charge is 2.18. The standard InChI is InChI=1S/C19H15F2N5O/c1-11(25-19(27)13-3-5-15(8-22)23-9-13)16-10-24-26(12(16)2)18-6-4-14(20)7-17(18)21/h3-7,9-11H,1-2H3,(H,25,27)/t11-/m0/s1. The Morgan fingerprint density at radius 1 is 1.26 bits per heavy atom. The molecule has 1 N–H and O–H groups in total. The Morgan fingerprint density at radius 2 is 2.04 bits per heavy atom. The maximum absolute atomic E-state index is 14.0. The van der Waals surface area contributed by atoms with E-state index >= 15 is 0 Å². The summed E-state index contributed by atoms with van der Waals surface area (Å²) >= 11 is 0. The number of hydrogen-bond acceptors (Lipinski definition) is 4. The fourth-order valence-corrected chi connectivity index (χ4v) is 2.70. The van der Waals surface area contributed by atoms with E-state index in [1.54, 1.807) is 13.8 Å². The Kier molecular flexibility index (Phi) is 4.94. The van der Waals surface area contributed by atoms with Crippen molar-refractivity contribution in [1.29, 1.82) is 5.26 Å². The Hall–Kier alpha value is -3.60. The minimum atomic E-state index is -0.729. The number of halogens is 2. The highest BCUT2D eigenvalue weighted by atomic mass is 19.1. The van der Waals surface area contributed by atoms with Crippen LogP contribution < -0.4 is 5.32 Å². The summed E-state index contributed by atoms with van der Waals surface area (Å²) in [6, 6.07) is 7.70. The Labute approximate surface area is 154 Å².